The van der Waals surface area contributed by atoms with Crippen LogP contribution >= 0.6 is 23.1 Å². The molecule has 0 spiro atoms. The van der Waals surface area contributed by atoms with E-state index in [1.807, 2.05) is 26.2 Å². The maximum atomic E-state index is 13.1. The number of aromatic amines is 1. The lowest BCUT2D eigenvalue weighted by Gasteiger charge is -2.16. The van der Waals surface area contributed by atoms with Crippen molar-refractivity contribution in [1.82, 2.24) is 15.3 Å². The fourth-order valence-electron chi connectivity index (χ4n) is 2.44. The van der Waals surface area contributed by atoms with Crippen molar-refractivity contribution in [2.45, 2.75) is 32.0 Å². The minimum absolute atomic E-state index is 0.0863. The number of nitrogens with one attached hydrogen (secondary N) is 2. The molecule has 0 saturated heterocycles. The van der Waals surface area contributed by atoms with Crippen molar-refractivity contribution in [3.8, 4) is 11.1 Å². The van der Waals surface area contributed by atoms with Crippen molar-refractivity contribution in [2.75, 3.05) is 5.75 Å². The molecule has 3 rings (SSSR count). The fourth-order valence-corrected chi connectivity index (χ4v) is 4.11. The maximum Gasteiger partial charge on any atom is 0.260 e. The average Bonchev–Trinajstić information content (AvgIpc) is 3.05. The van der Waals surface area contributed by atoms with E-state index in [-0.39, 0.29) is 29.1 Å². The number of hydrogen-bond donors (Lipinski definition) is 2. The lowest BCUT2D eigenvalue weighted by atomic mass is 10.1. The summed E-state index contributed by atoms with van der Waals surface area (Å²) in [4.78, 5) is 32.4. The number of H-pyrrole nitrogens is 1. The van der Waals surface area contributed by atoms with Crippen LogP contribution in [0.2, 0.25) is 0 Å². The third kappa shape index (κ3) is 4.56. The first-order chi connectivity index (χ1) is 12.8. The second kappa shape index (κ2) is 8.22. The van der Waals surface area contributed by atoms with Gasteiger partial charge in [-0.15, -0.1) is 11.3 Å². The van der Waals surface area contributed by atoms with Gasteiger partial charge in [-0.3, -0.25) is 9.59 Å². The number of carbonyl (C=O) groups excluding carboxylic acids is 1. The largest absolute Gasteiger partial charge is 0.353 e. The molecule has 0 fully saturated rings. The zero-order valence-corrected chi connectivity index (χ0v) is 16.8. The van der Waals surface area contributed by atoms with Crippen LogP contribution in [0.15, 0.2) is 39.6 Å². The number of thiophene rings is 1. The normalized spacial score (nSPS) is 12.5. The Morgan fingerprint density at radius 1 is 1.30 bits per heavy atom. The van der Waals surface area contributed by atoms with Gasteiger partial charge in [0.2, 0.25) is 5.91 Å². The topological polar surface area (TPSA) is 74.8 Å². The number of carbonyl (C=O) groups is 1. The second-order valence-corrected chi connectivity index (χ2v) is 8.42. The van der Waals surface area contributed by atoms with Gasteiger partial charge in [-0.1, -0.05) is 37.7 Å². The van der Waals surface area contributed by atoms with Crippen molar-refractivity contribution in [2.24, 2.45) is 5.92 Å². The van der Waals surface area contributed by atoms with Crippen molar-refractivity contribution in [1.29, 1.82) is 0 Å². The van der Waals surface area contributed by atoms with Gasteiger partial charge in [0.25, 0.3) is 5.56 Å². The van der Waals surface area contributed by atoms with Crippen molar-refractivity contribution >= 4 is 39.2 Å². The summed E-state index contributed by atoms with van der Waals surface area (Å²) in [5, 5.41) is 5.65. The highest BCUT2D eigenvalue weighted by Crippen LogP contribution is 2.31. The van der Waals surface area contributed by atoms with E-state index < -0.39 is 0 Å². The number of rotatable bonds is 6. The summed E-state index contributed by atoms with van der Waals surface area (Å²) in [7, 11) is 0. The van der Waals surface area contributed by atoms with Gasteiger partial charge in [0.15, 0.2) is 5.16 Å². The van der Waals surface area contributed by atoms with Crippen LogP contribution in [0.25, 0.3) is 21.3 Å². The van der Waals surface area contributed by atoms with Gasteiger partial charge in [0, 0.05) is 17.0 Å². The average molecular weight is 406 g/mol. The molecule has 0 aliphatic carbocycles. The smallest absolute Gasteiger partial charge is 0.260 e. The first kappa shape index (κ1) is 19.6. The van der Waals surface area contributed by atoms with Crippen molar-refractivity contribution < 1.29 is 9.18 Å². The minimum atomic E-state index is -0.325. The summed E-state index contributed by atoms with van der Waals surface area (Å²) in [5.74, 6) is 0.113. The Bertz CT molecular complexity index is 1010. The van der Waals surface area contributed by atoms with E-state index in [1.165, 1.54) is 35.2 Å². The molecule has 1 atom stereocenters. The molecule has 1 amide bonds. The third-order valence-corrected chi connectivity index (χ3v) is 6.05. The summed E-state index contributed by atoms with van der Waals surface area (Å²) < 4.78 is 13.1. The van der Waals surface area contributed by atoms with Gasteiger partial charge in [0.05, 0.1) is 11.1 Å². The summed E-state index contributed by atoms with van der Waals surface area (Å²) in [6, 6.07) is 6.09. The molecule has 0 unspecified atom stereocenters. The standard InChI is InChI=1S/C19H20FN3O2S2/c1-10(2)11(3)21-15(24)9-27-19-22-17(25)16-14(8-26-18(16)23-19)12-4-6-13(20)7-5-12/h4-8,10-11H,9H2,1-3H3,(H,21,24)(H,22,23,25)/t11-/m0/s1. The number of amides is 1. The molecule has 0 aliphatic heterocycles. The van der Waals surface area contributed by atoms with E-state index in [4.69, 9.17) is 0 Å². The highest BCUT2D eigenvalue weighted by atomic mass is 32.2. The van der Waals surface area contributed by atoms with E-state index in [9.17, 15) is 14.0 Å². The van der Waals surface area contributed by atoms with Crippen LogP contribution < -0.4 is 10.9 Å². The van der Waals surface area contributed by atoms with Gasteiger partial charge in [0.1, 0.15) is 10.6 Å². The Labute approximate surface area is 164 Å². The zero-order chi connectivity index (χ0) is 19.6. The Morgan fingerprint density at radius 2 is 2.00 bits per heavy atom. The second-order valence-electron chi connectivity index (χ2n) is 6.60. The Morgan fingerprint density at radius 3 is 2.67 bits per heavy atom. The first-order valence-corrected chi connectivity index (χ1v) is 10.4. The number of fused-ring (bicyclic) bond motifs is 1. The molecule has 3 aromatic rings. The molecule has 0 bridgehead atoms. The molecule has 0 aliphatic rings. The van der Waals surface area contributed by atoms with Gasteiger partial charge in [-0.2, -0.15) is 0 Å². The summed E-state index contributed by atoms with van der Waals surface area (Å²) in [5.41, 5.74) is 1.22. The monoisotopic (exact) mass is 405 g/mol. The Balaban J connectivity index is 1.79. The summed E-state index contributed by atoms with van der Waals surface area (Å²) >= 11 is 2.55. The van der Waals surface area contributed by atoms with E-state index >= 15 is 0 Å². The molecule has 2 heterocycles. The van der Waals surface area contributed by atoms with Crippen LogP contribution in [0.3, 0.4) is 0 Å². The Kier molecular flexibility index (Phi) is 5.96. The molecule has 0 saturated carbocycles. The van der Waals surface area contributed by atoms with Gasteiger partial charge in [-0.05, 0) is 30.5 Å². The molecule has 8 heteroatoms. The summed E-state index contributed by atoms with van der Waals surface area (Å²) in [6.45, 7) is 6.04. The molecule has 2 aromatic heterocycles. The predicted octanol–water partition coefficient (Wildman–Crippen LogP) is 4.04. The number of nitrogens with zero attached hydrogens (tertiary/aromatic N) is 1. The molecule has 0 radical (unpaired) electrons. The van der Waals surface area contributed by atoms with E-state index in [0.29, 0.717) is 21.3 Å². The number of benzene rings is 1. The molecular weight excluding hydrogens is 385 g/mol. The SMILES string of the molecule is CC(C)[C@H](C)NC(=O)CSc1nc2scc(-c3ccc(F)cc3)c2c(=O)[nH]1. The predicted molar refractivity (Wildman–Crippen MR) is 109 cm³/mol. The lowest BCUT2D eigenvalue weighted by molar-refractivity contribution is -0.119. The van der Waals surface area contributed by atoms with E-state index in [0.717, 1.165) is 11.1 Å². The number of thioether (sulfide) groups is 1. The Hall–Kier alpha value is -2.19. The highest BCUT2D eigenvalue weighted by molar-refractivity contribution is 7.99. The maximum absolute atomic E-state index is 13.1. The van der Waals surface area contributed by atoms with Gasteiger partial charge >= 0.3 is 0 Å². The molecule has 1 aromatic carbocycles. The van der Waals surface area contributed by atoms with Crippen molar-refractivity contribution in [3.63, 3.8) is 0 Å². The number of halogens is 1. The van der Waals surface area contributed by atoms with Crippen LogP contribution in [-0.2, 0) is 4.79 Å². The van der Waals surface area contributed by atoms with Crippen LogP contribution in [0.5, 0.6) is 0 Å². The lowest BCUT2D eigenvalue weighted by Crippen LogP contribution is -2.37. The molecule has 2 N–H and O–H groups in total. The van der Waals surface area contributed by atoms with Crippen LogP contribution in [0, 0.1) is 11.7 Å². The van der Waals surface area contributed by atoms with Crippen LogP contribution in [0.4, 0.5) is 4.39 Å². The molecule has 142 valence electrons. The summed E-state index contributed by atoms with van der Waals surface area (Å²) in [6.07, 6.45) is 0. The van der Waals surface area contributed by atoms with E-state index in [2.05, 4.69) is 15.3 Å². The molecule has 5 nitrogen and oxygen atoms in total. The quantitative estimate of drug-likeness (QED) is 0.479. The molecular formula is C19H20FN3O2S2. The van der Waals surface area contributed by atoms with Gasteiger partial charge in [-0.25, -0.2) is 9.37 Å². The number of aromatic nitrogens is 2. The van der Waals surface area contributed by atoms with Crippen LogP contribution in [-0.4, -0.2) is 27.7 Å². The number of hydrogen-bond acceptors (Lipinski definition) is 5. The first-order valence-electron chi connectivity index (χ1n) is 8.54. The zero-order valence-electron chi connectivity index (χ0n) is 15.2. The van der Waals surface area contributed by atoms with Crippen molar-refractivity contribution in [3.05, 3.63) is 45.8 Å². The third-order valence-electron chi connectivity index (χ3n) is 4.31. The van der Waals surface area contributed by atoms with E-state index in [1.54, 1.807) is 12.1 Å². The minimum Gasteiger partial charge on any atom is -0.353 e. The highest BCUT2D eigenvalue weighted by Gasteiger charge is 2.15. The molecule has 27 heavy (non-hydrogen) atoms. The fraction of sp³-hybridized carbons (Fsp3) is 0.316. The van der Waals surface area contributed by atoms with Gasteiger partial charge < -0.3 is 10.3 Å². The van der Waals surface area contributed by atoms with Crippen LogP contribution in [0.1, 0.15) is 20.8 Å².